The molecule has 1 aromatic rings. The van der Waals surface area contributed by atoms with E-state index in [9.17, 15) is 0 Å². The third-order valence-corrected chi connectivity index (χ3v) is 3.92. The highest BCUT2D eigenvalue weighted by Gasteiger charge is 2.17. The van der Waals surface area contributed by atoms with Crippen molar-refractivity contribution in [3.05, 3.63) is 5.28 Å². The average Bonchev–Trinajstić information content (AvgIpc) is 3.01. The van der Waals surface area contributed by atoms with E-state index in [1.807, 2.05) is 0 Å². The molecule has 1 aromatic heterocycles. The van der Waals surface area contributed by atoms with Crippen LogP contribution in [0.15, 0.2) is 0 Å². The summed E-state index contributed by atoms with van der Waals surface area (Å²) in [4.78, 5) is 14.8. The van der Waals surface area contributed by atoms with E-state index in [0.29, 0.717) is 31.0 Å². The zero-order chi connectivity index (χ0) is 14.5. The third kappa shape index (κ3) is 4.15. The van der Waals surface area contributed by atoms with Gasteiger partial charge in [0.15, 0.2) is 0 Å². The van der Waals surface area contributed by atoms with E-state index < -0.39 is 0 Å². The van der Waals surface area contributed by atoms with E-state index >= 15 is 0 Å². The highest BCUT2D eigenvalue weighted by atomic mass is 35.5. The Kier molecular flexibility index (Phi) is 5.05. The topological polar surface area (TPSA) is 72.4 Å². The molecule has 21 heavy (non-hydrogen) atoms. The first-order valence-electron chi connectivity index (χ1n) is 7.37. The molecule has 2 fully saturated rings. The van der Waals surface area contributed by atoms with Gasteiger partial charge in [0.2, 0.25) is 17.2 Å². The number of morpholine rings is 1. The normalized spacial score (nSPS) is 22.5. The Hall–Kier alpha value is -1.18. The van der Waals surface area contributed by atoms with Gasteiger partial charge in [-0.05, 0) is 30.4 Å². The van der Waals surface area contributed by atoms with Crippen LogP contribution in [0, 0.1) is 5.92 Å². The minimum Gasteiger partial charge on any atom is -0.381 e. The second-order valence-corrected chi connectivity index (χ2v) is 5.61. The van der Waals surface area contributed by atoms with E-state index in [4.69, 9.17) is 21.1 Å². The van der Waals surface area contributed by atoms with Gasteiger partial charge >= 0.3 is 0 Å². The van der Waals surface area contributed by atoms with Crippen LogP contribution in [0.1, 0.15) is 12.8 Å². The van der Waals surface area contributed by atoms with Crippen LogP contribution in [0.2, 0.25) is 5.28 Å². The fraction of sp³-hybridized carbons (Fsp3) is 0.769. The van der Waals surface area contributed by atoms with E-state index in [0.717, 1.165) is 45.7 Å². The minimum absolute atomic E-state index is 0.221. The zero-order valence-electron chi connectivity index (χ0n) is 11.9. The predicted molar refractivity (Wildman–Crippen MR) is 79.9 cm³/mol. The summed E-state index contributed by atoms with van der Waals surface area (Å²) in [6.07, 6.45) is 2.19. The quantitative estimate of drug-likeness (QED) is 0.875. The summed E-state index contributed by atoms with van der Waals surface area (Å²) in [6, 6.07) is 0. The lowest BCUT2D eigenvalue weighted by molar-refractivity contribution is 0.122. The van der Waals surface area contributed by atoms with E-state index in [-0.39, 0.29) is 5.28 Å². The molecule has 2 aliphatic heterocycles. The van der Waals surface area contributed by atoms with Crippen LogP contribution in [0.25, 0.3) is 0 Å². The first-order chi connectivity index (χ1) is 10.3. The zero-order valence-corrected chi connectivity index (χ0v) is 12.7. The van der Waals surface area contributed by atoms with Crippen LogP contribution in [-0.2, 0) is 9.47 Å². The van der Waals surface area contributed by atoms with Crippen molar-refractivity contribution in [1.29, 1.82) is 0 Å². The summed E-state index contributed by atoms with van der Waals surface area (Å²) >= 11 is 6.00. The monoisotopic (exact) mass is 313 g/mol. The maximum atomic E-state index is 6.00. The maximum Gasteiger partial charge on any atom is 0.231 e. The molecule has 2 saturated heterocycles. The van der Waals surface area contributed by atoms with Crippen molar-refractivity contribution < 1.29 is 9.47 Å². The van der Waals surface area contributed by atoms with Crippen molar-refractivity contribution in [3.8, 4) is 0 Å². The number of nitrogens with zero attached hydrogens (tertiary/aromatic N) is 4. The molecular weight excluding hydrogens is 294 g/mol. The van der Waals surface area contributed by atoms with Crippen molar-refractivity contribution in [2.75, 3.05) is 56.3 Å². The van der Waals surface area contributed by atoms with Gasteiger partial charge in [0, 0.05) is 32.8 Å². The van der Waals surface area contributed by atoms with Crippen LogP contribution < -0.4 is 10.2 Å². The molecular formula is C13H20ClN5O2. The summed E-state index contributed by atoms with van der Waals surface area (Å²) in [5, 5.41) is 3.45. The van der Waals surface area contributed by atoms with E-state index in [1.165, 1.54) is 0 Å². The lowest BCUT2D eigenvalue weighted by atomic mass is 10.1. The Bertz CT molecular complexity index is 464. The molecule has 0 radical (unpaired) electrons. The van der Waals surface area contributed by atoms with Gasteiger partial charge in [0.1, 0.15) is 0 Å². The SMILES string of the molecule is Clc1nc(NCCC2CCOC2)nc(N2CCOCC2)n1. The van der Waals surface area contributed by atoms with Gasteiger partial charge in [0.25, 0.3) is 0 Å². The van der Waals surface area contributed by atoms with Crippen LogP contribution in [0.5, 0.6) is 0 Å². The number of aromatic nitrogens is 3. The van der Waals surface area contributed by atoms with E-state index in [2.05, 4.69) is 25.2 Å². The van der Waals surface area contributed by atoms with Gasteiger partial charge in [-0.1, -0.05) is 0 Å². The summed E-state index contributed by atoms with van der Waals surface area (Å²) < 4.78 is 10.7. The smallest absolute Gasteiger partial charge is 0.231 e. The Balaban J connectivity index is 1.57. The summed E-state index contributed by atoms with van der Waals surface area (Å²) in [5.74, 6) is 1.79. The number of nitrogens with one attached hydrogen (secondary N) is 1. The molecule has 1 unspecified atom stereocenters. The highest BCUT2D eigenvalue weighted by molar-refractivity contribution is 6.28. The molecule has 2 aliphatic rings. The molecule has 7 nitrogen and oxygen atoms in total. The molecule has 0 amide bonds. The summed E-state index contributed by atoms with van der Waals surface area (Å²) in [5.41, 5.74) is 0. The Morgan fingerprint density at radius 1 is 1.14 bits per heavy atom. The molecule has 116 valence electrons. The predicted octanol–water partition coefficient (Wildman–Crippen LogP) is 1.20. The fourth-order valence-electron chi connectivity index (χ4n) is 2.52. The standard InChI is InChI=1S/C13H20ClN5O2/c14-11-16-12(15-3-1-10-2-6-21-9-10)18-13(17-11)19-4-7-20-8-5-19/h10H,1-9H2,(H,15,16,17,18). The van der Waals surface area contributed by atoms with Crippen LogP contribution in [-0.4, -0.2) is 61.0 Å². The van der Waals surface area contributed by atoms with Crippen molar-refractivity contribution in [2.24, 2.45) is 5.92 Å². The summed E-state index contributed by atoms with van der Waals surface area (Å²) in [6.45, 7) is 5.49. The molecule has 8 heteroatoms. The van der Waals surface area contributed by atoms with E-state index in [1.54, 1.807) is 0 Å². The fourth-order valence-corrected chi connectivity index (χ4v) is 2.68. The number of hydrogen-bond donors (Lipinski definition) is 1. The highest BCUT2D eigenvalue weighted by Crippen LogP contribution is 2.18. The van der Waals surface area contributed by atoms with Crippen molar-refractivity contribution in [2.45, 2.75) is 12.8 Å². The van der Waals surface area contributed by atoms with Gasteiger partial charge in [0.05, 0.1) is 13.2 Å². The van der Waals surface area contributed by atoms with Crippen molar-refractivity contribution >= 4 is 23.5 Å². The molecule has 0 bridgehead atoms. The van der Waals surface area contributed by atoms with Crippen LogP contribution >= 0.6 is 11.6 Å². The maximum absolute atomic E-state index is 6.00. The Labute approximate surface area is 129 Å². The van der Waals surface area contributed by atoms with Gasteiger partial charge in [-0.25, -0.2) is 0 Å². The molecule has 0 spiro atoms. The number of anilines is 2. The van der Waals surface area contributed by atoms with Gasteiger partial charge in [-0.2, -0.15) is 15.0 Å². The largest absolute Gasteiger partial charge is 0.381 e. The molecule has 0 aromatic carbocycles. The number of ether oxygens (including phenoxy) is 2. The Morgan fingerprint density at radius 3 is 2.76 bits per heavy atom. The van der Waals surface area contributed by atoms with Crippen molar-refractivity contribution in [3.63, 3.8) is 0 Å². The molecule has 1 atom stereocenters. The van der Waals surface area contributed by atoms with Crippen LogP contribution in [0.4, 0.5) is 11.9 Å². The minimum atomic E-state index is 0.221. The second kappa shape index (κ2) is 7.20. The van der Waals surface area contributed by atoms with Gasteiger partial charge in [-0.3, -0.25) is 0 Å². The lowest BCUT2D eigenvalue weighted by Gasteiger charge is -2.26. The number of hydrogen-bond acceptors (Lipinski definition) is 7. The summed E-state index contributed by atoms with van der Waals surface area (Å²) in [7, 11) is 0. The molecule has 1 N–H and O–H groups in total. The van der Waals surface area contributed by atoms with Gasteiger partial charge < -0.3 is 19.7 Å². The number of halogens is 1. The molecule has 0 aliphatic carbocycles. The van der Waals surface area contributed by atoms with Crippen LogP contribution in [0.3, 0.4) is 0 Å². The Morgan fingerprint density at radius 2 is 2.00 bits per heavy atom. The first-order valence-corrected chi connectivity index (χ1v) is 7.75. The van der Waals surface area contributed by atoms with Crippen molar-refractivity contribution in [1.82, 2.24) is 15.0 Å². The number of rotatable bonds is 5. The molecule has 3 rings (SSSR count). The van der Waals surface area contributed by atoms with Gasteiger partial charge in [-0.15, -0.1) is 0 Å². The first kappa shape index (κ1) is 14.7. The lowest BCUT2D eigenvalue weighted by Crippen LogP contribution is -2.37. The average molecular weight is 314 g/mol. The second-order valence-electron chi connectivity index (χ2n) is 5.27. The molecule has 3 heterocycles. The third-order valence-electron chi connectivity index (χ3n) is 3.75. The molecule has 0 saturated carbocycles.